The lowest BCUT2D eigenvalue weighted by Crippen LogP contribution is -2.26. The van der Waals surface area contributed by atoms with Crippen molar-refractivity contribution >= 4 is 20.0 Å². The molecule has 1 atom stereocenters. The van der Waals surface area contributed by atoms with Gasteiger partial charge in [0, 0.05) is 6.26 Å². The van der Waals surface area contributed by atoms with Crippen LogP contribution in [0.5, 0.6) is 0 Å². The van der Waals surface area contributed by atoms with Crippen LogP contribution in [-0.4, -0.2) is 28.6 Å². The van der Waals surface area contributed by atoms with Crippen molar-refractivity contribution in [3.63, 3.8) is 0 Å². The zero-order chi connectivity index (χ0) is 15.8. The third-order valence-electron chi connectivity index (χ3n) is 2.33. The Morgan fingerprint density at radius 2 is 1.50 bits per heavy atom. The summed E-state index contributed by atoms with van der Waals surface area (Å²) < 4.78 is 84.5. The number of halogens is 3. The second-order valence-corrected chi connectivity index (χ2v) is 7.56. The Kier molecular flexibility index (Phi) is 4.52. The van der Waals surface area contributed by atoms with Crippen LogP contribution in [0.4, 0.5) is 13.2 Å². The van der Waals surface area contributed by atoms with Crippen molar-refractivity contribution in [2.45, 2.75) is 23.4 Å². The molecule has 0 N–H and O–H groups in total. The van der Waals surface area contributed by atoms with Gasteiger partial charge in [-0.2, -0.15) is 21.6 Å². The molecule has 0 spiro atoms. The Bertz CT molecular complexity index is 675. The molecule has 5 nitrogen and oxygen atoms in total. The highest BCUT2D eigenvalue weighted by atomic mass is 32.2. The molecule has 0 aliphatic carbocycles. The van der Waals surface area contributed by atoms with Crippen molar-refractivity contribution in [2.75, 3.05) is 6.26 Å². The van der Waals surface area contributed by atoms with E-state index in [1.165, 1.54) is 12.1 Å². The lowest BCUT2D eigenvalue weighted by Gasteiger charge is -2.15. The van der Waals surface area contributed by atoms with E-state index in [1.54, 1.807) is 0 Å². The number of rotatable bonds is 4. The van der Waals surface area contributed by atoms with Gasteiger partial charge in [-0.1, -0.05) is 12.1 Å². The molecule has 1 aromatic rings. The molecule has 0 heterocycles. The Morgan fingerprint density at radius 3 is 1.85 bits per heavy atom. The van der Waals surface area contributed by atoms with E-state index in [0.717, 1.165) is 25.3 Å². The van der Waals surface area contributed by atoms with Crippen molar-refractivity contribution in [3.05, 3.63) is 29.8 Å². The zero-order valence-electron chi connectivity index (χ0n) is 10.4. The van der Waals surface area contributed by atoms with E-state index in [9.17, 15) is 30.0 Å². The molecule has 0 saturated carbocycles. The third-order valence-corrected chi connectivity index (χ3v) is 4.57. The molecule has 0 saturated heterocycles. The molecule has 0 fully saturated rings. The molecular weight excluding hydrogens is 321 g/mol. The van der Waals surface area contributed by atoms with Crippen LogP contribution in [0.25, 0.3) is 0 Å². The topological polar surface area (TPSA) is 77.5 Å². The molecule has 1 aromatic carbocycles. The Morgan fingerprint density at radius 1 is 1.05 bits per heavy atom. The molecule has 0 amide bonds. The first-order chi connectivity index (χ1) is 8.84. The van der Waals surface area contributed by atoms with Gasteiger partial charge in [0.15, 0.2) is 9.84 Å². The van der Waals surface area contributed by atoms with Crippen LogP contribution in [0.1, 0.15) is 18.6 Å². The van der Waals surface area contributed by atoms with Crippen LogP contribution in [0.3, 0.4) is 0 Å². The van der Waals surface area contributed by atoms with Gasteiger partial charge in [0.25, 0.3) is 0 Å². The molecule has 10 heteroatoms. The van der Waals surface area contributed by atoms with E-state index >= 15 is 0 Å². The smallest absolute Gasteiger partial charge is 0.255 e. The van der Waals surface area contributed by atoms with E-state index in [-0.39, 0.29) is 10.5 Å². The van der Waals surface area contributed by atoms with E-state index < -0.39 is 31.6 Å². The summed E-state index contributed by atoms with van der Waals surface area (Å²) in [6, 6.07) is 4.69. The predicted octanol–water partition coefficient (Wildman–Crippen LogP) is 2.02. The van der Waals surface area contributed by atoms with E-state index in [1.807, 2.05) is 0 Å². The number of hydrogen-bond donors (Lipinski definition) is 0. The molecular formula is C10H11F3O5S2. The van der Waals surface area contributed by atoms with Crippen LogP contribution in [0, 0.1) is 0 Å². The second kappa shape index (κ2) is 5.34. The molecule has 0 radical (unpaired) electrons. The maximum Gasteiger partial charge on any atom is 0.523 e. The predicted molar refractivity (Wildman–Crippen MR) is 64.0 cm³/mol. The van der Waals surface area contributed by atoms with Crippen LogP contribution in [0.2, 0.25) is 0 Å². The summed E-state index contributed by atoms with van der Waals surface area (Å²) in [7, 11) is -9.14. The monoisotopic (exact) mass is 332 g/mol. The van der Waals surface area contributed by atoms with Crippen molar-refractivity contribution in [3.8, 4) is 0 Å². The summed E-state index contributed by atoms with van der Waals surface area (Å²) in [5.41, 5.74) is -5.40. The van der Waals surface area contributed by atoms with Gasteiger partial charge < -0.3 is 0 Å². The van der Waals surface area contributed by atoms with E-state index in [2.05, 4.69) is 4.18 Å². The minimum atomic E-state index is -5.70. The van der Waals surface area contributed by atoms with Gasteiger partial charge in [-0.05, 0) is 24.6 Å². The van der Waals surface area contributed by atoms with Crippen molar-refractivity contribution in [1.82, 2.24) is 0 Å². The van der Waals surface area contributed by atoms with Gasteiger partial charge in [0.2, 0.25) is 0 Å². The van der Waals surface area contributed by atoms with Crippen LogP contribution in [0.15, 0.2) is 29.2 Å². The fourth-order valence-corrected chi connectivity index (χ4v) is 2.52. The molecule has 20 heavy (non-hydrogen) atoms. The average molecular weight is 332 g/mol. The Labute approximate surface area is 114 Å². The van der Waals surface area contributed by atoms with Gasteiger partial charge >= 0.3 is 15.6 Å². The van der Waals surface area contributed by atoms with Crippen LogP contribution >= 0.6 is 0 Å². The summed E-state index contributed by atoms with van der Waals surface area (Å²) >= 11 is 0. The van der Waals surface area contributed by atoms with E-state index in [4.69, 9.17) is 0 Å². The Balaban J connectivity index is 2.98. The Hall–Kier alpha value is -1.13. The minimum Gasteiger partial charge on any atom is -0.255 e. The highest BCUT2D eigenvalue weighted by Gasteiger charge is 2.48. The molecule has 0 aromatic heterocycles. The first-order valence-corrected chi connectivity index (χ1v) is 8.44. The molecule has 1 rings (SSSR count). The summed E-state index contributed by atoms with van der Waals surface area (Å²) in [5, 5.41) is 0. The summed E-state index contributed by atoms with van der Waals surface area (Å²) in [4.78, 5) is -0.0351. The lowest BCUT2D eigenvalue weighted by molar-refractivity contribution is -0.0569. The van der Waals surface area contributed by atoms with Gasteiger partial charge in [-0.15, -0.1) is 0 Å². The summed E-state index contributed by atoms with van der Waals surface area (Å²) in [6.07, 6.45) is -0.425. The second-order valence-electron chi connectivity index (χ2n) is 3.98. The zero-order valence-corrected chi connectivity index (χ0v) is 12.0. The van der Waals surface area contributed by atoms with Crippen LogP contribution < -0.4 is 0 Å². The molecule has 0 aliphatic heterocycles. The highest BCUT2D eigenvalue weighted by Crippen LogP contribution is 2.30. The molecule has 0 bridgehead atoms. The van der Waals surface area contributed by atoms with Gasteiger partial charge in [-0.25, -0.2) is 8.42 Å². The van der Waals surface area contributed by atoms with Crippen molar-refractivity contribution < 1.29 is 34.2 Å². The normalized spacial score (nSPS) is 15.1. The van der Waals surface area contributed by atoms with Gasteiger partial charge in [0.05, 0.1) is 11.0 Å². The fraction of sp³-hybridized carbons (Fsp3) is 0.400. The SMILES string of the molecule is CC(OS(=O)(=O)C(F)(F)F)c1ccc(S(C)(=O)=O)cc1. The third kappa shape index (κ3) is 3.93. The fourth-order valence-electron chi connectivity index (χ4n) is 1.29. The van der Waals surface area contributed by atoms with Crippen molar-refractivity contribution in [1.29, 1.82) is 0 Å². The number of benzene rings is 1. The average Bonchev–Trinajstić information content (AvgIpc) is 2.26. The maximum atomic E-state index is 12.1. The van der Waals surface area contributed by atoms with Crippen molar-refractivity contribution in [2.24, 2.45) is 0 Å². The van der Waals surface area contributed by atoms with Gasteiger partial charge in [-0.3, -0.25) is 4.18 Å². The maximum absolute atomic E-state index is 12.1. The van der Waals surface area contributed by atoms with Crippen LogP contribution in [-0.2, 0) is 24.1 Å². The molecule has 0 aliphatic rings. The minimum absolute atomic E-state index is 0.0351. The standard InChI is InChI=1S/C10H11F3O5S2/c1-7(18-20(16,17)10(11,12)13)8-3-5-9(6-4-8)19(2,14)15/h3-7H,1-2H3. The first kappa shape index (κ1) is 16.9. The number of sulfone groups is 1. The largest absolute Gasteiger partial charge is 0.523 e. The lowest BCUT2D eigenvalue weighted by atomic mass is 10.1. The number of alkyl halides is 3. The quantitative estimate of drug-likeness (QED) is 0.623. The van der Waals surface area contributed by atoms with Gasteiger partial charge in [0.1, 0.15) is 0 Å². The molecule has 114 valence electrons. The molecule has 1 unspecified atom stereocenters. The van der Waals surface area contributed by atoms with E-state index in [0.29, 0.717) is 0 Å². The highest BCUT2D eigenvalue weighted by molar-refractivity contribution is 7.90. The number of hydrogen-bond acceptors (Lipinski definition) is 5. The summed E-state index contributed by atoms with van der Waals surface area (Å²) in [6.45, 7) is 1.11. The first-order valence-electron chi connectivity index (χ1n) is 5.14. The summed E-state index contributed by atoms with van der Waals surface area (Å²) in [5.74, 6) is 0.